The number of methoxy groups -OCH3 is 1. The Morgan fingerprint density at radius 1 is 1.40 bits per heavy atom. The molecule has 2 aromatic rings. The summed E-state index contributed by atoms with van der Waals surface area (Å²) >= 11 is 1.11. The SMILES string of the molecule is COC(=O)CC(CC(C)C)c1c(O)ccc2nsnc12. The Labute approximate surface area is 121 Å². The number of ether oxygens (including phenoxy) is 1. The van der Waals surface area contributed by atoms with Gasteiger partial charge in [-0.3, -0.25) is 4.79 Å². The fourth-order valence-corrected chi connectivity index (χ4v) is 2.97. The highest BCUT2D eigenvalue weighted by Crippen LogP contribution is 2.37. The van der Waals surface area contributed by atoms with Crippen molar-refractivity contribution in [2.24, 2.45) is 5.92 Å². The Morgan fingerprint density at radius 2 is 2.15 bits per heavy atom. The van der Waals surface area contributed by atoms with E-state index >= 15 is 0 Å². The zero-order chi connectivity index (χ0) is 14.7. The molecular weight excluding hydrogens is 276 g/mol. The van der Waals surface area contributed by atoms with Crippen LogP contribution in [0.4, 0.5) is 0 Å². The number of esters is 1. The van der Waals surface area contributed by atoms with E-state index in [1.54, 1.807) is 12.1 Å². The lowest BCUT2D eigenvalue weighted by Crippen LogP contribution is -2.11. The number of hydrogen-bond donors (Lipinski definition) is 1. The zero-order valence-corrected chi connectivity index (χ0v) is 12.6. The summed E-state index contributed by atoms with van der Waals surface area (Å²) in [4.78, 5) is 11.6. The molecule has 0 amide bonds. The van der Waals surface area contributed by atoms with Gasteiger partial charge in [0.05, 0.1) is 25.3 Å². The molecule has 1 aromatic heterocycles. The standard InChI is InChI=1S/C14H18N2O3S/c1-8(2)6-9(7-12(18)19-3)13-11(17)5-4-10-14(13)16-20-15-10/h4-5,8-9,17H,6-7H2,1-3H3. The molecule has 20 heavy (non-hydrogen) atoms. The van der Waals surface area contributed by atoms with Gasteiger partial charge in [0.15, 0.2) is 0 Å². The van der Waals surface area contributed by atoms with Crippen molar-refractivity contribution in [1.29, 1.82) is 0 Å². The average molecular weight is 294 g/mol. The van der Waals surface area contributed by atoms with E-state index in [0.717, 1.165) is 23.7 Å². The van der Waals surface area contributed by atoms with Gasteiger partial charge in [0.2, 0.25) is 0 Å². The predicted octanol–water partition coefficient (Wildman–Crippen LogP) is 3.09. The van der Waals surface area contributed by atoms with Crippen LogP contribution in [0.25, 0.3) is 11.0 Å². The third kappa shape index (κ3) is 3.07. The molecule has 1 unspecified atom stereocenters. The number of carbonyl (C=O) groups is 1. The Kier molecular flexibility index (Phi) is 4.54. The van der Waals surface area contributed by atoms with E-state index in [1.807, 2.05) is 0 Å². The van der Waals surface area contributed by atoms with Crippen LogP contribution in [0.5, 0.6) is 5.75 Å². The van der Waals surface area contributed by atoms with Crippen LogP contribution in [0.1, 0.15) is 38.2 Å². The van der Waals surface area contributed by atoms with Gasteiger partial charge in [-0.2, -0.15) is 8.75 Å². The number of carbonyl (C=O) groups excluding carboxylic acids is 1. The monoisotopic (exact) mass is 294 g/mol. The van der Waals surface area contributed by atoms with Crippen LogP contribution in [-0.2, 0) is 9.53 Å². The molecule has 0 aliphatic carbocycles. The van der Waals surface area contributed by atoms with E-state index in [0.29, 0.717) is 17.0 Å². The van der Waals surface area contributed by atoms with E-state index in [9.17, 15) is 9.90 Å². The molecule has 1 aromatic carbocycles. The first kappa shape index (κ1) is 14.7. The van der Waals surface area contributed by atoms with Gasteiger partial charge in [0, 0.05) is 11.5 Å². The largest absolute Gasteiger partial charge is 0.508 e. The van der Waals surface area contributed by atoms with Gasteiger partial charge in [-0.15, -0.1) is 0 Å². The van der Waals surface area contributed by atoms with Crippen LogP contribution >= 0.6 is 11.7 Å². The molecule has 0 aliphatic heterocycles. The van der Waals surface area contributed by atoms with Crippen molar-refractivity contribution in [3.05, 3.63) is 17.7 Å². The van der Waals surface area contributed by atoms with Gasteiger partial charge < -0.3 is 9.84 Å². The molecule has 0 fully saturated rings. The molecular formula is C14H18N2O3S. The molecule has 2 rings (SSSR count). The second kappa shape index (κ2) is 6.17. The highest BCUT2D eigenvalue weighted by atomic mass is 32.1. The van der Waals surface area contributed by atoms with Crippen molar-refractivity contribution in [3.63, 3.8) is 0 Å². The Morgan fingerprint density at radius 3 is 2.80 bits per heavy atom. The molecule has 0 bridgehead atoms. The molecule has 0 aliphatic rings. The minimum atomic E-state index is -0.282. The van der Waals surface area contributed by atoms with Crippen molar-refractivity contribution >= 4 is 28.7 Å². The Hall–Kier alpha value is -1.69. The van der Waals surface area contributed by atoms with Crippen LogP contribution in [-0.4, -0.2) is 26.9 Å². The van der Waals surface area contributed by atoms with Gasteiger partial charge in [0.25, 0.3) is 0 Å². The number of hydrogen-bond acceptors (Lipinski definition) is 6. The summed E-state index contributed by atoms with van der Waals surface area (Å²) in [7, 11) is 1.37. The van der Waals surface area contributed by atoms with Gasteiger partial charge >= 0.3 is 5.97 Å². The second-order valence-electron chi connectivity index (χ2n) is 5.24. The van der Waals surface area contributed by atoms with Crippen LogP contribution in [0, 0.1) is 5.92 Å². The number of phenolic OH excluding ortho intramolecular Hbond substituents is 1. The fraction of sp³-hybridized carbons (Fsp3) is 0.500. The highest BCUT2D eigenvalue weighted by Gasteiger charge is 2.24. The van der Waals surface area contributed by atoms with Crippen molar-refractivity contribution in [2.45, 2.75) is 32.6 Å². The molecule has 108 valence electrons. The lowest BCUT2D eigenvalue weighted by molar-refractivity contribution is -0.141. The van der Waals surface area contributed by atoms with Crippen molar-refractivity contribution < 1.29 is 14.6 Å². The number of aromatic hydroxyl groups is 1. The fourth-order valence-electron chi connectivity index (χ4n) is 2.42. The molecule has 0 saturated carbocycles. The van der Waals surface area contributed by atoms with Gasteiger partial charge in [-0.25, -0.2) is 0 Å². The summed E-state index contributed by atoms with van der Waals surface area (Å²) in [6.45, 7) is 4.17. The predicted molar refractivity (Wildman–Crippen MR) is 77.9 cm³/mol. The summed E-state index contributed by atoms with van der Waals surface area (Å²) in [5, 5.41) is 10.2. The quantitative estimate of drug-likeness (QED) is 0.858. The highest BCUT2D eigenvalue weighted by molar-refractivity contribution is 7.00. The van der Waals surface area contributed by atoms with Gasteiger partial charge in [-0.1, -0.05) is 13.8 Å². The van der Waals surface area contributed by atoms with Crippen LogP contribution in [0.2, 0.25) is 0 Å². The first-order valence-electron chi connectivity index (χ1n) is 6.53. The van der Waals surface area contributed by atoms with Crippen molar-refractivity contribution in [1.82, 2.24) is 8.75 Å². The third-order valence-corrected chi connectivity index (χ3v) is 3.79. The number of aromatic nitrogens is 2. The van der Waals surface area contributed by atoms with E-state index in [4.69, 9.17) is 4.74 Å². The topological polar surface area (TPSA) is 72.3 Å². The minimum Gasteiger partial charge on any atom is -0.508 e. The summed E-state index contributed by atoms with van der Waals surface area (Å²) in [5.74, 6) is 0.163. The summed E-state index contributed by atoms with van der Waals surface area (Å²) < 4.78 is 13.2. The van der Waals surface area contributed by atoms with Gasteiger partial charge in [-0.05, 0) is 24.5 Å². The Balaban J connectivity index is 2.46. The van der Waals surface area contributed by atoms with E-state index < -0.39 is 0 Å². The first-order chi connectivity index (χ1) is 9.52. The normalized spacial score (nSPS) is 12.8. The smallest absolute Gasteiger partial charge is 0.306 e. The number of nitrogens with zero attached hydrogens (tertiary/aromatic N) is 2. The van der Waals surface area contributed by atoms with Crippen molar-refractivity contribution in [2.75, 3.05) is 7.11 Å². The molecule has 6 heteroatoms. The molecule has 0 spiro atoms. The number of benzene rings is 1. The lowest BCUT2D eigenvalue weighted by Gasteiger charge is -2.19. The summed E-state index contributed by atoms with van der Waals surface area (Å²) in [6, 6.07) is 3.35. The number of fused-ring (bicyclic) bond motifs is 1. The maximum Gasteiger partial charge on any atom is 0.306 e. The molecule has 1 heterocycles. The van der Waals surface area contributed by atoms with E-state index in [1.165, 1.54) is 7.11 Å². The molecule has 1 N–H and O–H groups in total. The van der Waals surface area contributed by atoms with Gasteiger partial charge in [0.1, 0.15) is 16.8 Å². The average Bonchev–Trinajstić information content (AvgIpc) is 2.85. The number of rotatable bonds is 5. The third-order valence-electron chi connectivity index (χ3n) is 3.25. The van der Waals surface area contributed by atoms with E-state index in [-0.39, 0.29) is 24.1 Å². The van der Waals surface area contributed by atoms with Crippen LogP contribution in [0.3, 0.4) is 0 Å². The number of phenols is 1. The molecule has 0 radical (unpaired) electrons. The zero-order valence-electron chi connectivity index (χ0n) is 11.8. The van der Waals surface area contributed by atoms with Crippen LogP contribution < -0.4 is 0 Å². The summed E-state index contributed by atoms with van der Waals surface area (Å²) in [6.07, 6.45) is 1.01. The maximum atomic E-state index is 11.6. The summed E-state index contributed by atoms with van der Waals surface area (Å²) in [5.41, 5.74) is 2.14. The van der Waals surface area contributed by atoms with Crippen LogP contribution in [0.15, 0.2) is 12.1 Å². The Bertz CT molecular complexity index is 609. The molecule has 5 nitrogen and oxygen atoms in total. The lowest BCUT2D eigenvalue weighted by atomic mass is 9.86. The van der Waals surface area contributed by atoms with E-state index in [2.05, 4.69) is 22.6 Å². The molecule has 0 saturated heterocycles. The first-order valence-corrected chi connectivity index (χ1v) is 7.27. The maximum absolute atomic E-state index is 11.6. The second-order valence-corrected chi connectivity index (χ2v) is 5.77. The minimum absolute atomic E-state index is 0.116. The molecule has 1 atom stereocenters. The van der Waals surface area contributed by atoms with Crippen molar-refractivity contribution in [3.8, 4) is 5.75 Å².